The van der Waals surface area contributed by atoms with Crippen LogP contribution in [0.1, 0.15) is 31.2 Å². The largest absolute Gasteiger partial charge is 0.459 e. The molecule has 0 aliphatic heterocycles. The minimum absolute atomic E-state index is 0.210. The van der Waals surface area contributed by atoms with Crippen molar-refractivity contribution in [2.75, 3.05) is 0 Å². The van der Waals surface area contributed by atoms with Gasteiger partial charge in [0, 0.05) is 0 Å². The van der Waals surface area contributed by atoms with Crippen molar-refractivity contribution in [1.82, 2.24) is 0 Å². The van der Waals surface area contributed by atoms with Gasteiger partial charge in [0.05, 0.1) is 0 Å². The lowest BCUT2D eigenvalue weighted by atomic mass is 9.82. The third kappa shape index (κ3) is 1.93. The number of esters is 1. The average molecular weight is 245 g/mol. The first kappa shape index (κ1) is 11.7. The van der Waals surface area contributed by atoms with E-state index in [4.69, 9.17) is 10.5 Å². The zero-order valence-corrected chi connectivity index (χ0v) is 10.5. The summed E-state index contributed by atoms with van der Waals surface area (Å²) in [5, 5.41) is 0. The smallest absolute Gasteiger partial charge is 0.326 e. The van der Waals surface area contributed by atoms with E-state index >= 15 is 0 Å². The minimum atomic E-state index is -0.711. The molecular weight excluding hydrogens is 226 g/mol. The van der Waals surface area contributed by atoms with Crippen LogP contribution in [-0.2, 0) is 16.1 Å². The summed E-state index contributed by atoms with van der Waals surface area (Å²) in [5.41, 5.74) is 6.58. The lowest BCUT2D eigenvalue weighted by Crippen LogP contribution is -2.53. The van der Waals surface area contributed by atoms with Crippen molar-refractivity contribution in [3.8, 4) is 0 Å². The fourth-order valence-corrected chi connectivity index (χ4v) is 3.48. The molecule has 96 valence electrons. The van der Waals surface area contributed by atoms with Gasteiger partial charge in [-0.05, 0) is 36.7 Å². The first-order valence-electron chi connectivity index (χ1n) is 6.68. The molecule has 0 radical (unpaired) electrons. The van der Waals surface area contributed by atoms with Gasteiger partial charge in [-0.25, -0.2) is 0 Å². The summed E-state index contributed by atoms with van der Waals surface area (Å²) in [6.45, 7) is 0.329. The van der Waals surface area contributed by atoms with Crippen LogP contribution >= 0.6 is 0 Å². The van der Waals surface area contributed by atoms with Crippen molar-refractivity contribution in [2.24, 2.45) is 17.6 Å². The van der Waals surface area contributed by atoms with Gasteiger partial charge in [0.2, 0.25) is 0 Å². The quantitative estimate of drug-likeness (QED) is 0.831. The molecule has 3 rings (SSSR count). The average Bonchev–Trinajstić information content (AvgIpc) is 2.97. The molecule has 0 spiro atoms. The Labute approximate surface area is 107 Å². The standard InChI is InChI=1S/C15H19NO2/c16-15(9-12-6-7-13(15)8-12)14(17)18-10-11-4-2-1-3-5-11/h1-5,12-13H,6-10,16H2/t12-,13+,15-/m0/s1. The molecule has 2 aliphatic carbocycles. The minimum Gasteiger partial charge on any atom is -0.459 e. The van der Waals surface area contributed by atoms with Crippen LogP contribution in [0.25, 0.3) is 0 Å². The van der Waals surface area contributed by atoms with Crippen molar-refractivity contribution in [3.63, 3.8) is 0 Å². The van der Waals surface area contributed by atoms with Crippen LogP contribution in [-0.4, -0.2) is 11.5 Å². The van der Waals surface area contributed by atoms with E-state index in [0.717, 1.165) is 24.8 Å². The molecule has 0 heterocycles. The maximum atomic E-state index is 12.2. The fraction of sp³-hybridized carbons (Fsp3) is 0.533. The second-order valence-electron chi connectivity index (χ2n) is 5.68. The zero-order valence-electron chi connectivity index (χ0n) is 10.5. The summed E-state index contributed by atoms with van der Waals surface area (Å²) in [5.74, 6) is 0.772. The van der Waals surface area contributed by atoms with Gasteiger partial charge in [-0.15, -0.1) is 0 Å². The molecule has 2 N–H and O–H groups in total. The highest BCUT2D eigenvalue weighted by molar-refractivity contribution is 5.81. The Morgan fingerprint density at radius 2 is 2.11 bits per heavy atom. The van der Waals surface area contributed by atoms with Crippen molar-refractivity contribution >= 4 is 5.97 Å². The monoisotopic (exact) mass is 245 g/mol. The highest BCUT2D eigenvalue weighted by Gasteiger charge is 2.54. The van der Waals surface area contributed by atoms with E-state index in [0.29, 0.717) is 18.4 Å². The van der Waals surface area contributed by atoms with E-state index in [1.165, 1.54) is 6.42 Å². The summed E-state index contributed by atoms with van der Waals surface area (Å²) in [6.07, 6.45) is 4.24. The molecule has 2 aliphatic rings. The summed E-state index contributed by atoms with van der Waals surface area (Å²) in [7, 11) is 0. The molecule has 3 atom stereocenters. The molecular formula is C15H19NO2. The number of hydrogen-bond acceptors (Lipinski definition) is 3. The number of nitrogens with two attached hydrogens (primary N) is 1. The Morgan fingerprint density at radius 3 is 2.72 bits per heavy atom. The van der Waals surface area contributed by atoms with Gasteiger partial charge in [0.25, 0.3) is 0 Å². The Balaban J connectivity index is 1.62. The maximum Gasteiger partial charge on any atom is 0.326 e. The Kier molecular flexibility index (Phi) is 2.86. The number of fused-ring (bicyclic) bond motifs is 2. The highest BCUT2D eigenvalue weighted by atomic mass is 16.5. The second kappa shape index (κ2) is 4.39. The van der Waals surface area contributed by atoms with Gasteiger partial charge >= 0.3 is 5.97 Å². The van der Waals surface area contributed by atoms with Gasteiger partial charge in [-0.3, -0.25) is 4.79 Å². The molecule has 2 bridgehead atoms. The third-order valence-electron chi connectivity index (χ3n) is 4.49. The molecule has 1 aromatic carbocycles. The molecule has 0 saturated heterocycles. The van der Waals surface area contributed by atoms with E-state index in [1.807, 2.05) is 30.3 Å². The number of ether oxygens (including phenoxy) is 1. The Morgan fingerprint density at radius 1 is 1.33 bits per heavy atom. The Hall–Kier alpha value is -1.35. The number of carbonyl (C=O) groups is 1. The molecule has 1 aromatic rings. The molecule has 0 aromatic heterocycles. The SMILES string of the molecule is N[C@@]1(C(=O)OCc2ccccc2)C[C@H]2CC[C@@H]1C2. The van der Waals surface area contributed by atoms with E-state index in [2.05, 4.69) is 0 Å². The number of benzene rings is 1. The van der Waals surface area contributed by atoms with Crippen molar-refractivity contribution in [3.05, 3.63) is 35.9 Å². The van der Waals surface area contributed by atoms with Crippen molar-refractivity contribution in [2.45, 2.75) is 37.8 Å². The lowest BCUT2D eigenvalue weighted by molar-refractivity contribution is -0.153. The second-order valence-corrected chi connectivity index (χ2v) is 5.68. The highest BCUT2D eigenvalue weighted by Crippen LogP contribution is 2.49. The van der Waals surface area contributed by atoms with Crippen LogP contribution in [0.15, 0.2) is 30.3 Å². The van der Waals surface area contributed by atoms with E-state index < -0.39 is 5.54 Å². The lowest BCUT2D eigenvalue weighted by Gasteiger charge is -2.31. The van der Waals surface area contributed by atoms with Crippen LogP contribution < -0.4 is 5.73 Å². The molecule has 3 heteroatoms. The normalized spacial score (nSPS) is 33.6. The van der Waals surface area contributed by atoms with Crippen molar-refractivity contribution < 1.29 is 9.53 Å². The number of rotatable bonds is 3. The molecule has 18 heavy (non-hydrogen) atoms. The van der Waals surface area contributed by atoms with Gasteiger partial charge < -0.3 is 10.5 Å². The molecule has 0 amide bonds. The van der Waals surface area contributed by atoms with Crippen molar-refractivity contribution in [1.29, 1.82) is 0 Å². The van der Waals surface area contributed by atoms with Crippen LogP contribution in [0.3, 0.4) is 0 Å². The summed E-state index contributed by atoms with van der Waals surface area (Å²) in [6, 6.07) is 9.75. The molecule has 2 saturated carbocycles. The van der Waals surface area contributed by atoms with Crippen LogP contribution in [0, 0.1) is 11.8 Å². The van der Waals surface area contributed by atoms with Crippen LogP contribution in [0.4, 0.5) is 0 Å². The predicted molar refractivity (Wildman–Crippen MR) is 68.6 cm³/mol. The van der Waals surface area contributed by atoms with E-state index in [9.17, 15) is 4.79 Å². The predicted octanol–water partition coefficient (Wildman–Crippen LogP) is 2.25. The maximum absolute atomic E-state index is 12.2. The molecule has 2 fully saturated rings. The van der Waals surface area contributed by atoms with E-state index in [-0.39, 0.29) is 5.97 Å². The van der Waals surface area contributed by atoms with E-state index in [1.54, 1.807) is 0 Å². The first-order valence-corrected chi connectivity index (χ1v) is 6.68. The fourth-order valence-electron chi connectivity index (χ4n) is 3.48. The number of carbonyl (C=O) groups excluding carboxylic acids is 1. The molecule has 0 unspecified atom stereocenters. The summed E-state index contributed by atoms with van der Waals surface area (Å²) in [4.78, 5) is 12.2. The van der Waals surface area contributed by atoms with Crippen LogP contribution in [0.5, 0.6) is 0 Å². The van der Waals surface area contributed by atoms with Gasteiger partial charge in [-0.2, -0.15) is 0 Å². The van der Waals surface area contributed by atoms with Crippen LogP contribution in [0.2, 0.25) is 0 Å². The van der Waals surface area contributed by atoms with Gasteiger partial charge in [-0.1, -0.05) is 36.8 Å². The Bertz CT molecular complexity index is 445. The summed E-state index contributed by atoms with van der Waals surface area (Å²) >= 11 is 0. The zero-order chi connectivity index (χ0) is 12.6. The topological polar surface area (TPSA) is 52.3 Å². The van der Waals surface area contributed by atoms with Gasteiger partial charge in [0.15, 0.2) is 0 Å². The molecule has 3 nitrogen and oxygen atoms in total. The number of hydrogen-bond donors (Lipinski definition) is 1. The summed E-state index contributed by atoms with van der Waals surface area (Å²) < 4.78 is 5.40. The van der Waals surface area contributed by atoms with Gasteiger partial charge in [0.1, 0.15) is 12.1 Å². The third-order valence-corrected chi connectivity index (χ3v) is 4.49. The first-order chi connectivity index (χ1) is 8.68.